The number of rotatable bonds is 3. The number of hydrogen-bond donors (Lipinski definition) is 4. The molecule has 1 aromatic carbocycles. The number of fused-ring (bicyclic) bond motifs is 4. The van der Waals surface area contributed by atoms with E-state index in [1.807, 2.05) is 4.90 Å². The number of urea groups is 1. The van der Waals surface area contributed by atoms with Gasteiger partial charge in [-0.1, -0.05) is 0 Å². The van der Waals surface area contributed by atoms with Crippen LogP contribution in [0.25, 0.3) is 0 Å². The van der Waals surface area contributed by atoms with E-state index in [0.29, 0.717) is 32.1 Å². The summed E-state index contributed by atoms with van der Waals surface area (Å²) in [7, 11) is 0. The van der Waals surface area contributed by atoms with Gasteiger partial charge in [0.25, 0.3) is 0 Å². The molecule has 4 N–H and O–H groups in total. The molecule has 0 saturated carbocycles. The van der Waals surface area contributed by atoms with Crippen molar-refractivity contribution in [1.82, 2.24) is 20.6 Å². The molecule has 4 aliphatic rings. The van der Waals surface area contributed by atoms with Gasteiger partial charge in [-0.15, -0.1) is 0 Å². The summed E-state index contributed by atoms with van der Waals surface area (Å²) in [5.41, 5.74) is -1.91. The highest BCUT2D eigenvalue weighted by molar-refractivity contribution is 6.20. The minimum atomic E-state index is -1.82. The van der Waals surface area contributed by atoms with Crippen molar-refractivity contribution >= 4 is 35.1 Å². The van der Waals surface area contributed by atoms with Gasteiger partial charge in [-0.3, -0.25) is 25.6 Å². The fraction of sp³-hybridized carbons (Fsp3) is 0.462. The first kappa shape index (κ1) is 26.1. The Balaban J connectivity index is 1.42. The van der Waals surface area contributed by atoms with Gasteiger partial charge in [0.05, 0.1) is 55.3 Å². The monoisotopic (exact) mass is 553 g/mol. The molecule has 5 heterocycles. The molecule has 13 nitrogen and oxygen atoms in total. The molecule has 210 valence electrons. The fourth-order valence-electron chi connectivity index (χ4n) is 6.28. The van der Waals surface area contributed by atoms with Crippen LogP contribution in [0.15, 0.2) is 18.5 Å². The fourth-order valence-corrected chi connectivity index (χ4v) is 6.28. The zero-order valence-electron chi connectivity index (χ0n) is 21.9. The average molecular weight is 554 g/mol. The van der Waals surface area contributed by atoms with E-state index >= 15 is 4.39 Å². The highest BCUT2D eigenvalue weighted by Gasteiger charge is 2.63. The molecule has 0 bridgehead atoms. The van der Waals surface area contributed by atoms with Crippen LogP contribution in [0.3, 0.4) is 0 Å². The summed E-state index contributed by atoms with van der Waals surface area (Å²) in [4.78, 5) is 50.9. The first-order valence-corrected chi connectivity index (χ1v) is 13.0. The lowest BCUT2D eigenvalue weighted by Crippen LogP contribution is -2.75. The second kappa shape index (κ2) is 9.48. The molecular weight excluding hydrogens is 525 g/mol. The van der Waals surface area contributed by atoms with Crippen molar-refractivity contribution in [3.63, 3.8) is 0 Å². The molecular formula is C26H28FN7O6. The molecule has 2 aromatic rings. The normalized spacial score (nSPS) is 25.7. The van der Waals surface area contributed by atoms with Crippen molar-refractivity contribution in [2.75, 3.05) is 42.6 Å². The minimum Gasteiger partial charge on any atom is -0.504 e. The number of phenols is 1. The number of aromatic hydroxyl groups is 1. The number of imide groups is 2. The van der Waals surface area contributed by atoms with Gasteiger partial charge in [0.1, 0.15) is 11.5 Å². The number of phenolic OH excluding ortho intramolecular Hbond substituents is 1. The maximum atomic E-state index is 16.0. The Hall–Kier alpha value is -4.17. The van der Waals surface area contributed by atoms with Crippen molar-refractivity contribution in [3.05, 3.63) is 41.1 Å². The van der Waals surface area contributed by atoms with E-state index in [4.69, 9.17) is 14.9 Å². The number of amides is 4. The van der Waals surface area contributed by atoms with Crippen molar-refractivity contribution in [1.29, 1.82) is 5.41 Å². The third kappa shape index (κ3) is 3.89. The van der Waals surface area contributed by atoms with E-state index in [1.165, 1.54) is 18.5 Å². The Labute approximate surface area is 228 Å². The Morgan fingerprint density at radius 1 is 1.15 bits per heavy atom. The molecule has 14 heteroatoms. The summed E-state index contributed by atoms with van der Waals surface area (Å²) in [5, 5.41) is 24.0. The number of nitrogens with one attached hydrogen (secondary N) is 3. The molecule has 40 heavy (non-hydrogen) atoms. The predicted molar refractivity (Wildman–Crippen MR) is 138 cm³/mol. The van der Waals surface area contributed by atoms with Crippen LogP contribution in [0.1, 0.15) is 30.7 Å². The molecule has 3 fully saturated rings. The maximum absolute atomic E-state index is 16.0. The molecule has 4 amide bonds. The van der Waals surface area contributed by atoms with Crippen LogP contribution in [-0.4, -0.2) is 89.7 Å². The number of anilines is 2. The van der Waals surface area contributed by atoms with E-state index in [1.54, 1.807) is 18.7 Å². The highest BCUT2D eigenvalue weighted by atomic mass is 19.1. The van der Waals surface area contributed by atoms with Crippen LogP contribution in [0.2, 0.25) is 0 Å². The third-order valence-electron chi connectivity index (χ3n) is 8.00. The van der Waals surface area contributed by atoms with Crippen LogP contribution < -0.4 is 20.4 Å². The predicted octanol–water partition coefficient (Wildman–Crippen LogP) is 0.465. The number of morpholine rings is 2. The van der Waals surface area contributed by atoms with Crippen molar-refractivity contribution in [2.45, 2.75) is 38.5 Å². The minimum absolute atomic E-state index is 0.0259. The molecule has 4 aliphatic heterocycles. The Kier molecular flexibility index (Phi) is 6.18. The lowest BCUT2D eigenvalue weighted by molar-refractivity contribution is -0.153. The van der Waals surface area contributed by atoms with Crippen LogP contribution in [0.5, 0.6) is 5.75 Å². The first-order chi connectivity index (χ1) is 19.1. The smallest absolute Gasteiger partial charge is 0.328 e. The van der Waals surface area contributed by atoms with E-state index in [2.05, 4.69) is 20.6 Å². The number of benzene rings is 1. The molecule has 3 saturated heterocycles. The van der Waals surface area contributed by atoms with Gasteiger partial charge >= 0.3 is 6.03 Å². The standard InChI is InChI=1S/C26H28FN7O6/c1-12-11-34-20-14(8-26(22(34)13(2)40-12)23(36)31-25(38)32-24(26)37)7-15(21(35)18(20)27)19(28)16-9-30-17(10-29-16)33-3-5-39-6-4-33/h7,9-10,12-13,22,28,35H,3-6,8,11H2,1-2H3,(H2,31,32,36,37,38)/t12-,13+,22?/m1/s1. The summed E-state index contributed by atoms with van der Waals surface area (Å²) >= 11 is 0. The summed E-state index contributed by atoms with van der Waals surface area (Å²) in [6, 6.07) is -0.496. The second-order valence-electron chi connectivity index (χ2n) is 10.5. The van der Waals surface area contributed by atoms with E-state index < -0.39 is 47.0 Å². The van der Waals surface area contributed by atoms with Gasteiger partial charge in [-0.05, 0) is 25.5 Å². The molecule has 1 aromatic heterocycles. The summed E-state index contributed by atoms with van der Waals surface area (Å²) in [6.45, 7) is 6.01. The van der Waals surface area contributed by atoms with Crippen LogP contribution in [0, 0.1) is 16.6 Å². The first-order valence-electron chi connectivity index (χ1n) is 13.0. The van der Waals surface area contributed by atoms with Gasteiger partial charge in [0.2, 0.25) is 11.8 Å². The Bertz CT molecular complexity index is 1410. The molecule has 1 spiro atoms. The lowest BCUT2D eigenvalue weighted by Gasteiger charge is -2.55. The molecule has 0 radical (unpaired) electrons. The Morgan fingerprint density at radius 3 is 2.50 bits per heavy atom. The number of ether oxygens (including phenoxy) is 2. The number of barbiturate groups is 1. The summed E-state index contributed by atoms with van der Waals surface area (Å²) in [5.74, 6) is -2.77. The quantitative estimate of drug-likeness (QED) is 0.309. The number of hydrogen-bond acceptors (Lipinski definition) is 11. The second-order valence-corrected chi connectivity index (χ2v) is 10.5. The molecule has 3 atom stereocenters. The molecule has 1 unspecified atom stereocenters. The topological polar surface area (TPSA) is 170 Å². The van der Waals surface area contributed by atoms with Gasteiger partial charge in [0, 0.05) is 31.6 Å². The largest absolute Gasteiger partial charge is 0.504 e. The SMILES string of the molecule is C[C@@H]1CN2c3c(cc(C(=N)c4cnc(N5CCOCC5)cn4)c(O)c3F)CC3(C(=O)NC(=O)NC3=O)C2[C@H](C)O1. The Morgan fingerprint density at radius 2 is 1.85 bits per heavy atom. The van der Waals surface area contributed by atoms with Gasteiger partial charge in [-0.2, -0.15) is 0 Å². The van der Waals surface area contributed by atoms with Gasteiger partial charge in [0.15, 0.2) is 17.0 Å². The number of halogens is 1. The lowest BCUT2D eigenvalue weighted by atomic mass is 9.66. The average Bonchev–Trinajstić information content (AvgIpc) is 2.93. The van der Waals surface area contributed by atoms with E-state index in [0.717, 1.165) is 0 Å². The van der Waals surface area contributed by atoms with Gasteiger partial charge < -0.3 is 24.4 Å². The van der Waals surface area contributed by atoms with Crippen molar-refractivity contribution in [2.24, 2.45) is 5.41 Å². The summed E-state index contributed by atoms with van der Waals surface area (Å²) in [6.07, 6.45) is 1.52. The van der Waals surface area contributed by atoms with Crippen LogP contribution in [0.4, 0.5) is 20.7 Å². The van der Waals surface area contributed by atoms with Crippen molar-refractivity contribution < 1.29 is 33.4 Å². The third-order valence-corrected chi connectivity index (χ3v) is 8.00. The molecule has 6 rings (SSSR count). The van der Waals surface area contributed by atoms with E-state index in [-0.39, 0.29) is 47.3 Å². The van der Waals surface area contributed by atoms with E-state index in [9.17, 15) is 19.5 Å². The van der Waals surface area contributed by atoms with Crippen LogP contribution >= 0.6 is 0 Å². The molecule has 0 aliphatic carbocycles. The number of nitrogens with zero attached hydrogens (tertiary/aromatic N) is 4. The number of carbonyl (C=O) groups excluding carboxylic acids is 3. The highest BCUT2D eigenvalue weighted by Crippen LogP contribution is 2.49. The van der Waals surface area contributed by atoms with Gasteiger partial charge in [-0.25, -0.2) is 19.2 Å². The zero-order chi connectivity index (χ0) is 28.3. The summed E-state index contributed by atoms with van der Waals surface area (Å²) < 4.78 is 27.3. The maximum Gasteiger partial charge on any atom is 0.328 e. The number of carbonyl (C=O) groups is 3. The van der Waals surface area contributed by atoms with Crippen LogP contribution in [-0.2, 0) is 25.5 Å². The zero-order valence-corrected chi connectivity index (χ0v) is 21.9. The van der Waals surface area contributed by atoms with Crippen molar-refractivity contribution in [3.8, 4) is 5.75 Å². The number of aromatic nitrogens is 2.